The van der Waals surface area contributed by atoms with E-state index >= 15 is 0 Å². The Kier molecular flexibility index (Phi) is 10.6. The van der Waals surface area contributed by atoms with E-state index in [4.69, 9.17) is 11.5 Å². The number of carboxylic acid groups (broad SMARTS) is 1. The second-order valence-electron chi connectivity index (χ2n) is 8.74. The van der Waals surface area contributed by atoms with Crippen LogP contribution in [-0.4, -0.2) is 70.3 Å². The molecule has 1 rings (SSSR count). The Hall–Kier alpha value is -2.69. The van der Waals surface area contributed by atoms with Crippen molar-refractivity contribution in [3.05, 3.63) is 0 Å². The number of carbonyl (C=O) groups excluding carboxylic acids is 4. The molecule has 11 heteroatoms. The number of rotatable bonds is 12. The zero-order valence-corrected chi connectivity index (χ0v) is 19.3. The molecule has 5 atom stereocenters. The highest BCUT2D eigenvalue weighted by Gasteiger charge is 2.40. The standard InChI is InChI=1S/C21H37N5O6/c1-5-12(4)17(25-18(28)13(22)8-9-15(23)27)20(30)26-10-6-7-14(26)19(29)24-16(11(2)3)21(31)32/h11-14,16-17H,5-10,22H2,1-4H3,(H2,23,27)(H,24,29)(H,25,28)(H,31,32). The van der Waals surface area contributed by atoms with Gasteiger partial charge < -0.3 is 32.1 Å². The molecular weight excluding hydrogens is 418 g/mol. The van der Waals surface area contributed by atoms with Crippen molar-refractivity contribution in [1.82, 2.24) is 15.5 Å². The predicted molar refractivity (Wildman–Crippen MR) is 117 cm³/mol. The molecule has 0 aromatic heterocycles. The summed E-state index contributed by atoms with van der Waals surface area (Å²) in [5.74, 6) is -3.78. The molecule has 1 saturated heterocycles. The van der Waals surface area contributed by atoms with Crippen molar-refractivity contribution in [2.24, 2.45) is 23.3 Å². The maximum absolute atomic E-state index is 13.3. The predicted octanol–water partition coefficient (Wildman–Crippen LogP) is -0.673. The van der Waals surface area contributed by atoms with Crippen LogP contribution in [0.4, 0.5) is 0 Å². The Morgan fingerprint density at radius 3 is 2.22 bits per heavy atom. The third kappa shape index (κ3) is 7.47. The Labute approximate surface area is 188 Å². The lowest BCUT2D eigenvalue weighted by molar-refractivity contribution is -0.146. The number of nitrogens with one attached hydrogen (secondary N) is 2. The number of carboxylic acids is 1. The Morgan fingerprint density at radius 1 is 1.09 bits per heavy atom. The van der Waals surface area contributed by atoms with Gasteiger partial charge in [-0.25, -0.2) is 4.79 Å². The number of carbonyl (C=O) groups is 5. The van der Waals surface area contributed by atoms with Crippen molar-refractivity contribution in [2.75, 3.05) is 6.54 Å². The van der Waals surface area contributed by atoms with Gasteiger partial charge in [-0.1, -0.05) is 34.1 Å². The minimum Gasteiger partial charge on any atom is -0.480 e. The summed E-state index contributed by atoms with van der Waals surface area (Å²) >= 11 is 0. The smallest absolute Gasteiger partial charge is 0.326 e. The normalized spacial score (nSPS) is 19.7. The van der Waals surface area contributed by atoms with Gasteiger partial charge in [0.15, 0.2) is 0 Å². The fraction of sp³-hybridized carbons (Fsp3) is 0.762. The monoisotopic (exact) mass is 455 g/mol. The first-order valence-corrected chi connectivity index (χ1v) is 11.1. The fourth-order valence-corrected chi connectivity index (χ4v) is 3.62. The van der Waals surface area contributed by atoms with E-state index in [1.54, 1.807) is 13.8 Å². The summed E-state index contributed by atoms with van der Waals surface area (Å²) in [5.41, 5.74) is 10.9. The summed E-state index contributed by atoms with van der Waals surface area (Å²) in [7, 11) is 0. The van der Waals surface area contributed by atoms with E-state index in [0.717, 1.165) is 0 Å². The van der Waals surface area contributed by atoms with Crippen molar-refractivity contribution < 1.29 is 29.1 Å². The molecule has 0 radical (unpaired) electrons. The third-order valence-electron chi connectivity index (χ3n) is 5.88. The lowest BCUT2D eigenvalue weighted by Crippen LogP contribution is -2.58. The maximum Gasteiger partial charge on any atom is 0.326 e. The molecule has 1 fully saturated rings. The van der Waals surface area contributed by atoms with Gasteiger partial charge in [-0.3, -0.25) is 19.2 Å². The number of hydrogen-bond donors (Lipinski definition) is 5. The molecule has 0 aliphatic carbocycles. The SMILES string of the molecule is CCC(C)C(NC(=O)C(N)CCC(N)=O)C(=O)N1CCCC1C(=O)NC(C(=O)O)C(C)C. The molecule has 0 saturated carbocycles. The minimum absolute atomic E-state index is 0.0501. The largest absolute Gasteiger partial charge is 0.480 e. The second kappa shape index (κ2) is 12.4. The van der Waals surface area contributed by atoms with Crippen LogP contribution in [0.15, 0.2) is 0 Å². The van der Waals surface area contributed by atoms with Crippen LogP contribution in [0.1, 0.15) is 59.8 Å². The summed E-state index contributed by atoms with van der Waals surface area (Å²) in [5, 5.41) is 14.5. The zero-order valence-electron chi connectivity index (χ0n) is 19.3. The van der Waals surface area contributed by atoms with E-state index in [1.807, 2.05) is 13.8 Å². The number of primary amides is 1. The van der Waals surface area contributed by atoms with Gasteiger partial charge in [-0.05, 0) is 31.1 Å². The van der Waals surface area contributed by atoms with Crippen molar-refractivity contribution in [1.29, 1.82) is 0 Å². The summed E-state index contributed by atoms with van der Waals surface area (Å²) in [6, 6.07) is -3.77. The third-order valence-corrected chi connectivity index (χ3v) is 5.88. The molecular formula is C21H37N5O6. The van der Waals surface area contributed by atoms with Crippen LogP contribution in [0.3, 0.4) is 0 Å². The lowest BCUT2D eigenvalue weighted by atomic mass is 9.96. The van der Waals surface area contributed by atoms with Crippen LogP contribution in [0, 0.1) is 11.8 Å². The van der Waals surface area contributed by atoms with E-state index in [2.05, 4.69) is 10.6 Å². The van der Waals surface area contributed by atoms with Crippen LogP contribution in [0.25, 0.3) is 0 Å². The van der Waals surface area contributed by atoms with Gasteiger partial charge in [0, 0.05) is 13.0 Å². The molecule has 11 nitrogen and oxygen atoms in total. The average Bonchev–Trinajstić information content (AvgIpc) is 3.22. The Balaban J connectivity index is 2.96. The second-order valence-corrected chi connectivity index (χ2v) is 8.74. The quantitative estimate of drug-likeness (QED) is 0.258. The van der Waals surface area contributed by atoms with Crippen molar-refractivity contribution in [3.63, 3.8) is 0 Å². The molecule has 182 valence electrons. The highest BCUT2D eigenvalue weighted by atomic mass is 16.4. The lowest BCUT2D eigenvalue weighted by Gasteiger charge is -2.32. The van der Waals surface area contributed by atoms with E-state index in [1.165, 1.54) is 4.90 Å². The minimum atomic E-state index is -1.14. The molecule has 1 aliphatic rings. The number of nitrogens with two attached hydrogens (primary N) is 2. The summed E-state index contributed by atoms with van der Waals surface area (Å²) < 4.78 is 0. The maximum atomic E-state index is 13.3. The molecule has 4 amide bonds. The number of likely N-dealkylation sites (tertiary alicyclic amines) is 1. The molecule has 0 spiro atoms. The van der Waals surface area contributed by atoms with E-state index < -0.39 is 53.8 Å². The van der Waals surface area contributed by atoms with Gasteiger partial charge in [-0.15, -0.1) is 0 Å². The van der Waals surface area contributed by atoms with Crippen molar-refractivity contribution >= 4 is 29.6 Å². The summed E-state index contributed by atoms with van der Waals surface area (Å²) in [6.07, 6.45) is 1.59. The van der Waals surface area contributed by atoms with Crippen molar-refractivity contribution in [3.8, 4) is 0 Å². The Bertz CT molecular complexity index is 713. The first-order valence-electron chi connectivity index (χ1n) is 11.1. The van der Waals surface area contributed by atoms with Gasteiger partial charge in [0.05, 0.1) is 6.04 Å². The van der Waals surface area contributed by atoms with E-state index in [-0.39, 0.29) is 24.7 Å². The van der Waals surface area contributed by atoms with E-state index in [0.29, 0.717) is 25.8 Å². The number of hydrogen-bond acceptors (Lipinski definition) is 6. The highest BCUT2D eigenvalue weighted by molar-refractivity contribution is 5.94. The fourth-order valence-electron chi connectivity index (χ4n) is 3.62. The number of nitrogens with zero attached hydrogens (tertiary/aromatic N) is 1. The molecule has 5 unspecified atom stereocenters. The topological polar surface area (TPSA) is 185 Å². The molecule has 1 heterocycles. The molecule has 0 bridgehead atoms. The van der Waals surface area contributed by atoms with Crippen LogP contribution in [0.2, 0.25) is 0 Å². The van der Waals surface area contributed by atoms with Gasteiger partial charge in [0.1, 0.15) is 18.1 Å². The van der Waals surface area contributed by atoms with Crippen LogP contribution in [0.5, 0.6) is 0 Å². The van der Waals surface area contributed by atoms with Crippen LogP contribution in [-0.2, 0) is 24.0 Å². The van der Waals surface area contributed by atoms with Crippen LogP contribution < -0.4 is 22.1 Å². The highest BCUT2D eigenvalue weighted by Crippen LogP contribution is 2.22. The first-order chi connectivity index (χ1) is 14.9. The Morgan fingerprint density at radius 2 is 1.72 bits per heavy atom. The summed E-state index contributed by atoms with van der Waals surface area (Å²) in [4.78, 5) is 62.4. The van der Waals surface area contributed by atoms with Gasteiger partial charge in [0.25, 0.3) is 0 Å². The molecule has 1 aliphatic heterocycles. The molecule has 0 aromatic rings. The van der Waals surface area contributed by atoms with E-state index in [9.17, 15) is 29.1 Å². The molecule has 0 aromatic carbocycles. The molecule has 32 heavy (non-hydrogen) atoms. The number of amides is 4. The van der Waals surface area contributed by atoms with Gasteiger partial charge in [-0.2, -0.15) is 0 Å². The zero-order chi connectivity index (χ0) is 24.6. The molecule has 7 N–H and O–H groups in total. The van der Waals surface area contributed by atoms with Gasteiger partial charge >= 0.3 is 5.97 Å². The van der Waals surface area contributed by atoms with Crippen LogP contribution >= 0.6 is 0 Å². The first kappa shape index (κ1) is 27.3. The number of aliphatic carboxylic acids is 1. The van der Waals surface area contributed by atoms with Crippen molar-refractivity contribution in [2.45, 2.75) is 84.0 Å². The average molecular weight is 456 g/mol. The van der Waals surface area contributed by atoms with Gasteiger partial charge in [0.2, 0.25) is 23.6 Å². The summed E-state index contributed by atoms with van der Waals surface area (Å²) in [6.45, 7) is 7.38.